The van der Waals surface area contributed by atoms with Crippen LogP contribution in [0.15, 0.2) is 4.47 Å². The van der Waals surface area contributed by atoms with Gasteiger partial charge in [0.15, 0.2) is 0 Å². The molecule has 1 N–H and O–H groups in total. The Hall–Kier alpha value is -0.350. The molecule has 2 atom stereocenters. The maximum absolute atomic E-state index is 10.7. The summed E-state index contributed by atoms with van der Waals surface area (Å²) >= 11 is 3.57. The van der Waals surface area contributed by atoms with E-state index < -0.39 is 5.60 Å². The van der Waals surface area contributed by atoms with Gasteiger partial charge in [-0.25, -0.2) is 0 Å². The van der Waals surface area contributed by atoms with Crippen molar-refractivity contribution in [2.45, 2.75) is 51.6 Å². The number of halogens is 1. The van der Waals surface area contributed by atoms with Crippen LogP contribution in [0.1, 0.15) is 44.0 Å². The summed E-state index contributed by atoms with van der Waals surface area (Å²) in [6.07, 6.45) is 4.90. The topological polar surface area (TPSA) is 38.0 Å². The summed E-state index contributed by atoms with van der Waals surface area (Å²) in [6.45, 7) is 4.22. The maximum Gasteiger partial charge on any atom is 0.0738 e. The molecule has 1 saturated carbocycles. The van der Waals surface area contributed by atoms with Crippen molar-refractivity contribution >= 4 is 15.9 Å². The summed E-state index contributed by atoms with van der Waals surface area (Å²) in [5.74, 6) is 0.627. The second-order valence-electron chi connectivity index (χ2n) is 5.57. The average molecular weight is 301 g/mol. The molecule has 3 nitrogen and oxygen atoms in total. The fourth-order valence-corrected chi connectivity index (χ4v) is 3.45. The lowest BCUT2D eigenvalue weighted by atomic mass is 9.76. The van der Waals surface area contributed by atoms with Crippen LogP contribution in [0, 0.1) is 12.8 Å². The van der Waals surface area contributed by atoms with Crippen molar-refractivity contribution < 1.29 is 5.11 Å². The van der Waals surface area contributed by atoms with Gasteiger partial charge < -0.3 is 5.11 Å². The first-order valence-electron chi connectivity index (χ1n) is 6.32. The third kappa shape index (κ3) is 2.74. The van der Waals surface area contributed by atoms with Crippen molar-refractivity contribution in [2.75, 3.05) is 0 Å². The van der Waals surface area contributed by atoms with Crippen molar-refractivity contribution in [2.24, 2.45) is 13.0 Å². The lowest BCUT2D eigenvalue weighted by Gasteiger charge is -2.35. The minimum absolute atomic E-state index is 0.541. The molecule has 0 spiro atoms. The van der Waals surface area contributed by atoms with E-state index in [1.54, 1.807) is 0 Å². The highest BCUT2D eigenvalue weighted by molar-refractivity contribution is 9.10. The Balaban J connectivity index is 2.19. The number of aryl methyl sites for hydroxylation is 2. The highest BCUT2D eigenvalue weighted by Gasteiger charge is 2.34. The second kappa shape index (κ2) is 4.73. The quantitative estimate of drug-likeness (QED) is 0.912. The molecule has 1 aromatic rings. The summed E-state index contributed by atoms with van der Waals surface area (Å²) in [6, 6.07) is 0. The van der Waals surface area contributed by atoms with E-state index in [0.717, 1.165) is 35.1 Å². The van der Waals surface area contributed by atoms with E-state index in [1.165, 1.54) is 6.42 Å². The van der Waals surface area contributed by atoms with Crippen LogP contribution in [-0.2, 0) is 13.5 Å². The van der Waals surface area contributed by atoms with Crippen LogP contribution in [-0.4, -0.2) is 20.5 Å². The molecule has 2 rings (SSSR count). The fourth-order valence-electron chi connectivity index (χ4n) is 2.98. The van der Waals surface area contributed by atoms with Crippen molar-refractivity contribution in [3.05, 3.63) is 15.9 Å². The molecule has 1 aliphatic carbocycles. The van der Waals surface area contributed by atoms with Gasteiger partial charge in [0.05, 0.1) is 21.5 Å². The molecular weight excluding hydrogens is 280 g/mol. The Morgan fingerprint density at radius 3 is 2.82 bits per heavy atom. The normalized spacial score (nSPS) is 29.6. The smallest absolute Gasteiger partial charge is 0.0738 e. The Kier molecular flexibility index (Phi) is 3.64. The van der Waals surface area contributed by atoms with Crippen LogP contribution in [0.5, 0.6) is 0 Å². The predicted molar refractivity (Wildman–Crippen MR) is 71.9 cm³/mol. The number of nitrogens with zero attached hydrogens (tertiary/aromatic N) is 2. The van der Waals surface area contributed by atoms with Crippen LogP contribution in [0.4, 0.5) is 0 Å². The molecular formula is C13H21BrN2O. The zero-order chi connectivity index (χ0) is 12.6. The van der Waals surface area contributed by atoms with Crippen LogP contribution >= 0.6 is 15.9 Å². The fraction of sp³-hybridized carbons (Fsp3) is 0.769. The van der Waals surface area contributed by atoms with E-state index in [1.807, 2.05) is 18.7 Å². The molecule has 17 heavy (non-hydrogen) atoms. The molecule has 0 saturated heterocycles. The standard InChI is InChI=1S/C13H21BrN2O/c1-9-5-4-6-13(17,7-9)8-11-12(14)10(2)15-16(11)3/h9,17H,4-8H2,1-3H3. The van der Waals surface area contributed by atoms with E-state index in [9.17, 15) is 5.11 Å². The van der Waals surface area contributed by atoms with Crippen LogP contribution < -0.4 is 0 Å². The van der Waals surface area contributed by atoms with Gasteiger partial charge in [-0.15, -0.1) is 0 Å². The van der Waals surface area contributed by atoms with Gasteiger partial charge in [-0.1, -0.05) is 19.8 Å². The minimum Gasteiger partial charge on any atom is -0.389 e. The molecule has 0 radical (unpaired) electrons. The highest BCUT2D eigenvalue weighted by Crippen LogP contribution is 2.36. The SMILES string of the molecule is Cc1nn(C)c(CC2(O)CCCC(C)C2)c1Br. The van der Waals surface area contributed by atoms with Crippen molar-refractivity contribution in [3.63, 3.8) is 0 Å². The Bertz CT molecular complexity index is 416. The number of hydrogen-bond acceptors (Lipinski definition) is 2. The predicted octanol–water partition coefficient (Wildman–Crippen LogP) is 2.97. The first-order chi connectivity index (χ1) is 7.91. The van der Waals surface area contributed by atoms with Gasteiger partial charge in [-0.05, 0) is 41.6 Å². The molecule has 96 valence electrons. The molecule has 0 aliphatic heterocycles. The summed E-state index contributed by atoms with van der Waals surface area (Å²) in [4.78, 5) is 0. The third-order valence-corrected chi connectivity index (χ3v) is 4.86. The lowest BCUT2D eigenvalue weighted by Crippen LogP contribution is -2.37. The largest absolute Gasteiger partial charge is 0.389 e. The van der Waals surface area contributed by atoms with Crippen LogP contribution in [0.2, 0.25) is 0 Å². The Morgan fingerprint density at radius 2 is 2.29 bits per heavy atom. The number of hydrogen-bond donors (Lipinski definition) is 1. The third-order valence-electron chi connectivity index (χ3n) is 3.83. The Labute approximate surface area is 111 Å². The average Bonchev–Trinajstić information content (AvgIpc) is 2.44. The van der Waals surface area contributed by atoms with Gasteiger partial charge in [-0.2, -0.15) is 5.10 Å². The molecule has 2 unspecified atom stereocenters. The van der Waals surface area contributed by atoms with Crippen LogP contribution in [0.3, 0.4) is 0 Å². The van der Waals surface area contributed by atoms with E-state index in [4.69, 9.17) is 0 Å². The first kappa shape index (κ1) is 13.1. The summed E-state index contributed by atoms with van der Waals surface area (Å²) in [5.41, 5.74) is 1.56. The molecule has 1 aromatic heterocycles. The van der Waals surface area contributed by atoms with Crippen molar-refractivity contribution in [1.29, 1.82) is 0 Å². The van der Waals surface area contributed by atoms with Gasteiger partial charge in [-0.3, -0.25) is 4.68 Å². The number of rotatable bonds is 2. The molecule has 0 aromatic carbocycles. The Morgan fingerprint density at radius 1 is 1.59 bits per heavy atom. The summed E-state index contributed by atoms with van der Waals surface area (Å²) in [7, 11) is 1.95. The molecule has 0 bridgehead atoms. The van der Waals surface area contributed by atoms with Gasteiger partial charge >= 0.3 is 0 Å². The van der Waals surface area contributed by atoms with E-state index in [2.05, 4.69) is 28.0 Å². The van der Waals surface area contributed by atoms with Gasteiger partial charge in [0.2, 0.25) is 0 Å². The van der Waals surface area contributed by atoms with Gasteiger partial charge in [0, 0.05) is 13.5 Å². The maximum atomic E-state index is 10.7. The zero-order valence-electron chi connectivity index (χ0n) is 10.8. The number of aliphatic hydroxyl groups is 1. The van der Waals surface area contributed by atoms with Crippen molar-refractivity contribution in [3.8, 4) is 0 Å². The monoisotopic (exact) mass is 300 g/mol. The zero-order valence-corrected chi connectivity index (χ0v) is 12.4. The molecule has 0 amide bonds. The lowest BCUT2D eigenvalue weighted by molar-refractivity contribution is -0.0139. The minimum atomic E-state index is -0.541. The van der Waals surface area contributed by atoms with Crippen molar-refractivity contribution in [1.82, 2.24) is 9.78 Å². The van der Waals surface area contributed by atoms with Crippen LogP contribution in [0.25, 0.3) is 0 Å². The molecule has 1 heterocycles. The first-order valence-corrected chi connectivity index (χ1v) is 7.11. The summed E-state index contributed by atoms with van der Waals surface area (Å²) in [5, 5.41) is 15.1. The molecule has 1 aliphatic rings. The molecule has 4 heteroatoms. The molecule has 1 fully saturated rings. The summed E-state index contributed by atoms with van der Waals surface area (Å²) < 4.78 is 2.93. The van der Waals surface area contributed by atoms with Gasteiger partial charge in [0.25, 0.3) is 0 Å². The van der Waals surface area contributed by atoms with E-state index in [0.29, 0.717) is 12.3 Å². The second-order valence-corrected chi connectivity index (χ2v) is 6.37. The highest BCUT2D eigenvalue weighted by atomic mass is 79.9. The van der Waals surface area contributed by atoms with E-state index >= 15 is 0 Å². The van der Waals surface area contributed by atoms with Gasteiger partial charge in [0.1, 0.15) is 0 Å². The number of aromatic nitrogens is 2. The van der Waals surface area contributed by atoms with E-state index in [-0.39, 0.29) is 0 Å².